The maximum absolute atomic E-state index is 11.5. The highest BCUT2D eigenvalue weighted by Gasteiger charge is 2.29. The molecular formula is C13H20N4O2. The van der Waals surface area contributed by atoms with Crippen molar-refractivity contribution in [1.29, 1.82) is 0 Å². The summed E-state index contributed by atoms with van der Waals surface area (Å²) in [5.74, 6) is -0.432. The van der Waals surface area contributed by atoms with E-state index in [-0.39, 0.29) is 5.56 Å². The summed E-state index contributed by atoms with van der Waals surface area (Å²) in [4.78, 5) is 15.6. The van der Waals surface area contributed by atoms with Crippen molar-refractivity contribution in [3.05, 3.63) is 16.8 Å². The van der Waals surface area contributed by atoms with E-state index < -0.39 is 5.97 Å². The number of aromatic carboxylic acids is 1. The molecule has 0 amide bonds. The van der Waals surface area contributed by atoms with Crippen molar-refractivity contribution in [2.24, 2.45) is 0 Å². The lowest BCUT2D eigenvalue weighted by Gasteiger charge is -2.22. The third kappa shape index (κ3) is 2.53. The molecule has 6 nitrogen and oxygen atoms in total. The summed E-state index contributed by atoms with van der Waals surface area (Å²) in [5.41, 5.74) is 1.65. The van der Waals surface area contributed by atoms with Crippen LogP contribution in [0.2, 0.25) is 0 Å². The molecule has 1 aromatic rings. The van der Waals surface area contributed by atoms with Gasteiger partial charge in [0.2, 0.25) is 0 Å². The second-order valence-electron chi connectivity index (χ2n) is 5.27. The molecule has 0 saturated carbocycles. The van der Waals surface area contributed by atoms with Crippen molar-refractivity contribution in [3.63, 3.8) is 0 Å². The van der Waals surface area contributed by atoms with Gasteiger partial charge in [0.25, 0.3) is 0 Å². The molecule has 0 aliphatic carbocycles. The first-order valence-corrected chi connectivity index (χ1v) is 6.40. The molecule has 19 heavy (non-hydrogen) atoms. The second-order valence-corrected chi connectivity index (χ2v) is 5.27. The smallest absolute Gasteiger partial charge is 0.339 e. The van der Waals surface area contributed by atoms with Gasteiger partial charge in [-0.15, -0.1) is 5.10 Å². The van der Waals surface area contributed by atoms with Gasteiger partial charge in [0, 0.05) is 19.1 Å². The fourth-order valence-corrected chi connectivity index (χ4v) is 2.43. The van der Waals surface area contributed by atoms with Gasteiger partial charge in [-0.1, -0.05) is 0 Å². The lowest BCUT2D eigenvalue weighted by Crippen LogP contribution is -2.32. The van der Waals surface area contributed by atoms with Gasteiger partial charge in [0.05, 0.1) is 5.69 Å². The van der Waals surface area contributed by atoms with Gasteiger partial charge in [-0.2, -0.15) is 5.10 Å². The molecule has 6 heteroatoms. The quantitative estimate of drug-likeness (QED) is 0.876. The molecule has 1 unspecified atom stereocenters. The molecule has 0 aromatic carbocycles. The van der Waals surface area contributed by atoms with E-state index in [4.69, 9.17) is 0 Å². The molecule has 1 atom stereocenters. The first kappa shape index (κ1) is 13.7. The second kappa shape index (κ2) is 5.13. The minimum absolute atomic E-state index is 0.284. The zero-order valence-corrected chi connectivity index (χ0v) is 11.8. The Bertz CT molecular complexity index is 502. The molecule has 2 heterocycles. The maximum Gasteiger partial charge on any atom is 0.339 e. The Morgan fingerprint density at radius 2 is 2.05 bits per heavy atom. The van der Waals surface area contributed by atoms with E-state index in [1.54, 1.807) is 13.8 Å². The van der Waals surface area contributed by atoms with Gasteiger partial charge >= 0.3 is 5.97 Å². The highest BCUT2D eigenvalue weighted by molar-refractivity contribution is 5.95. The molecule has 0 spiro atoms. The highest BCUT2D eigenvalue weighted by Crippen LogP contribution is 2.26. The number of likely N-dealkylation sites (N-methyl/N-ethyl adjacent to an activating group) is 1. The largest absolute Gasteiger partial charge is 0.478 e. The van der Waals surface area contributed by atoms with Crippen LogP contribution < -0.4 is 4.90 Å². The van der Waals surface area contributed by atoms with Gasteiger partial charge in [-0.05, 0) is 39.9 Å². The third-order valence-electron chi connectivity index (χ3n) is 3.84. The fourth-order valence-electron chi connectivity index (χ4n) is 2.43. The standard InChI is InChI=1S/C13H20N4O2/c1-8-9(2)14-15-12(11(8)13(18)19)17-6-5-10(7-17)16(3)4/h10H,5-7H2,1-4H3,(H,18,19). The first-order chi connectivity index (χ1) is 8.91. The Labute approximate surface area is 113 Å². The Balaban J connectivity index is 2.36. The number of nitrogens with zero attached hydrogens (tertiary/aromatic N) is 4. The van der Waals surface area contributed by atoms with E-state index in [1.807, 2.05) is 19.0 Å². The molecule has 1 aromatic heterocycles. The molecule has 0 radical (unpaired) electrons. The minimum atomic E-state index is -0.932. The predicted molar refractivity (Wildman–Crippen MR) is 72.8 cm³/mol. The highest BCUT2D eigenvalue weighted by atomic mass is 16.4. The Morgan fingerprint density at radius 1 is 1.37 bits per heavy atom. The summed E-state index contributed by atoms with van der Waals surface area (Å²) in [5, 5.41) is 17.6. The molecular weight excluding hydrogens is 244 g/mol. The van der Waals surface area contributed by atoms with E-state index in [0.717, 1.165) is 19.5 Å². The molecule has 2 rings (SSSR count). The van der Waals surface area contributed by atoms with Crippen LogP contribution in [0.3, 0.4) is 0 Å². The van der Waals surface area contributed by atoms with E-state index >= 15 is 0 Å². The van der Waals surface area contributed by atoms with Crippen LogP contribution in [0.25, 0.3) is 0 Å². The number of rotatable bonds is 3. The zero-order valence-electron chi connectivity index (χ0n) is 11.8. The van der Waals surface area contributed by atoms with Crippen molar-refractivity contribution >= 4 is 11.8 Å². The summed E-state index contributed by atoms with van der Waals surface area (Å²) in [6.07, 6.45) is 1.01. The van der Waals surface area contributed by atoms with Crippen LogP contribution >= 0.6 is 0 Å². The fraction of sp³-hybridized carbons (Fsp3) is 0.615. The monoisotopic (exact) mass is 264 g/mol. The summed E-state index contributed by atoms with van der Waals surface area (Å²) in [6, 6.07) is 0.435. The van der Waals surface area contributed by atoms with Crippen LogP contribution in [0.4, 0.5) is 5.82 Å². The zero-order chi connectivity index (χ0) is 14.2. The van der Waals surface area contributed by atoms with Crippen LogP contribution in [0.1, 0.15) is 28.0 Å². The first-order valence-electron chi connectivity index (χ1n) is 6.40. The Hall–Kier alpha value is -1.69. The molecule has 1 aliphatic rings. The molecule has 104 valence electrons. The van der Waals surface area contributed by atoms with Gasteiger partial charge in [0.1, 0.15) is 5.56 Å². The van der Waals surface area contributed by atoms with E-state index in [1.165, 1.54) is 0 Å². The Kier molecular flexibility index (Phi) is 3.71. The van der Waals surface area contributed by atoms with E-state index in [2.05, 4.69) is 15.1 Å². The average molecular weight is 264 g/mol. The van der Waals surface area contributed by atoms with Gasteiger partial charge < -0.3 is 14.9 Å². The van der Waals surface area contributed by atoms with Crippen LogP contribution in [-0.4, -0.2) is 59.4 Å². The summed E-state index contributed by atoms with van der Waals surface area (Å²) < 4.78 is 0. The van der Waals surface area contributed by atoms with Gasteiger partial charge in [-0.25, -0.2) is 4.79 Å². The average Bonchev–Trinajstić information content (AvgIpc) is 2.81. The van der Waals surface area contributed by atoms with Crippen molar-refractivity contribution < 1.29 is 9.90 Å². The SMILES string of the molecule is Cc1nnc(N2CCC(N(C)C)C2)c(C(=O)O)c1C. The van der Waals surface area contributed by atoms with E-state index in [0.29, 0.717) is 23.1 Å². The molecule has 0 bridgehead atoms. The number of hydrogen-bond acceptors (Lipinski definition) is 5. The number of aromatic nitrogens is 2. The molecule has 1 fully saturated rings. The van der Waals surface area contributed by atoms with Crippen LogP contribution in [0.5, 0.6) is 0 Å². The maximum atomic E-state index is 11.5. The molecule has 1 N–H and O–H groups in total. The van der Waals surface area contributed by atoms with Crippen molar-refractivity contribution in [2.45, 2.75) is 26.3 Å². The summed E-state index contributed by atoms with van der Waals surface area (Å²) >= 11 is 0. The number of aryl methyl sites for hydroxylation is 1. The molecule has 1 aliphatic heterocycles. The van der Waals surface area contributed by atoms with Gasteiger partial charge in [0.15, 0.2) is 5.82 Å². The Morgan fingerprint density at radius 3 is 2.58 bits per heavy atom. The van der Waals surface area contributed by atoms with Gasteiger partial charge in [-0.3, -0.25) is 0 Å². The summed E-state index contributed by atoms with van der Waals surface area (Å²) in [7, 11) is 4.08. The van der Waals surface area contributed by atoms with Crippen molar-refractivity contribution in [2.75, 3.05) is 32.1 Å². The van der Waals surface area contributed by atoms with Crippen LogP contribution in [0.15, 0.2) is 0 Å². The molecule has 1 saturated heterocycles. The van der Waals surface area contributed by atoms with Crippen LogP contribution in [-0.2, 0) is 0 Å². The topological polar surface area (TPSA) is 69.6 Å². The predicted octanol–water partition coefficient (Wildman–Crippen LogP) is 0.932. The third-order valence-corrected chi connectivity index (χ3v) is 3.84. The van der Waals surface area contributed by atoms with E-state index in [9.17, 15) is 9.90 Å². The number of anilines is 1. The van der Waals surface area contributed by atoms with Crippen molar-refractivity contribution in [3.8, 4) is 0 Å². The lowest BCUT2D eigenvalue weighted by atomic mass is 10.1. The van der Waals surface area contributed by atoms with Crippen molar-refractivity contribution in [1.82, 2.24) is 15.1 Å². The number of hydrogen-bond donors (Lipinski definition) is 1. The minimum Gasteiger partial charge on any atom is -0.478 e. The number of carbonyl (C=O) groups is 1. The normalized spacial score (nSPS) is 19.2. The number of carboxylic acid groups (broad SMARTS) is 1. The number of carboxylic acids is 1. The lowest BCUT2D eigenvalue weighted by molar-refractivity contribution is 0.0696. The summed E-state index contributed by atoms with van der Waals surface area (Å²) in [6.45, 7) is 5.19. The van der Waals surface area contributed by atoms with Crippen LogP contribution in [0, 0.1) is 13.8 Å².